The smallest absolute Gasteiger partial charge is 0.0703 e. The number of nitrogens with one attached hydrogen (secondary N) is 1. The molecule has 0 saturated heterocycles. The molecule has 0 saturated carbocycles. The van der Waals surface area contributed by atoms with Gasteiger partial charge in [-0.25, -0.2) is 0 Å². The van der Waals surface area contributed by atoms with E-state index in [2.05, 4.69) is 19.2 Å². The van der Waals surface area contributed by atoms with Gasteiger partial charge >= 0.3 is 0 Å². The van der Waals surface area contributed by atoms with Gasteiger partial charge in [0.15, 0.2) is 0 Å². The maximum atomic E-state index is 6.24. The van der Waals surface area contributed by atoms with Gasteiger partial charge < -0.3 is 10.1 Å². The van der Waals surface area contributed by atoms with Gasteiger partial charge in [-0.3, -0.25) is 0 Å². The molecule has 0 aromatic heterocycles. The van der Waals surface area contributed by atoms with Gasteiger partial charge in [-0.2, -0.15) is 0 Å². The molecular weight excluding hydrogens is 281 g/mol. The van der Waals surface area contributed by atoms with Crippen molar-refractivity contribution in [1.29, 1.82) is 0 Å². The average Bonchev–Trinajstić information content (AvgIpc) is 2.37. The van der Waals surface area contributed by atoms with Gasteiger partial charge in [0.25, 0.3) is 0 Å². The van der Waals surface area contributed by atoms with Crippen molar-refractivity contribution in [2.75, 3.05) is 13.2 Å². The second-order valence-corrected chi connectivity index (χ2v) is 5.44. The van der Waals surface area contributed by atoms with Crippen molar-refractivity contribution in [3.63, 3.8) is 0 Å². The number of rotatable bonds is 8. The van der Waals surface area contributed by atoms with Crippen molar-refractivity contribution in [1.82, 2.24) is 5.32 Å². The molecule has 0 aliphatic rings. The summed E-state index contributed by atoms with van der Waals surface area (Å²) in [5.74, 6) is 0. The van der Waals surface area contributed by atoms with Crippen molar-refractivity contribution < 1.29 is 4.74 Å². The van der Waals surface area contributed by atoms with Gasteiger partial charge in [0.1, 0.15) is 0 Å². The lowest BCUT2D eigenvalue weighted by atomic mass is 10.0. The summed E-state index contributed by atoms with van der Waals surface area (Å²) < 4.78 is 5.70. The Hall–Kier alpha value is -0.280. The molecule has 4 heteroatoms. The van der Waals surface area contributed by atoms with Crippen LogP contribution < -0.4 is 5.32 Å². The Balaban J connectivity index is 2.81. The van der Waals surface area contributed by atoms with Crippen LogP contribution in [0.4, 0.5) is 0 Å². The first-order chi connectivity index (χ1) is 9.10. The first-order valence-electron chi connectivity index (χ1n) is 6.88. The van der Waals surface area contributed by atoms with Crippen LogP contribution in [0.3, 0.4) is 0 Å². The van der Waals surface area contributed by atoms with Crippen LogP contribution in [0.15, 0.2) is 18.2 Å². The highest BCUT2D eigenvalue weighted by atomic mass is 35.5. The standard InChI is InChI=1S/C15H23Cl2NO/c1-4-9-18-15(11(3)19-5-2)10-12-13(16)7-6-8-14(12)17/h6-8,11,15,18H,4-5,9-10H2,1-3H3. The average molecular weight is 304 g/mol. The lowest BCUT2D eigenvalue weighted by Gasteiger charge is -2.26. The van der Waals surface area contributed by atoms with Crippen LogP contribution in [0.2, 0.25) is 10.0 Å². The molecule has 2 unspecified atom stereocenters. The summed E-state index contributed by atoms with van der Waals surface area (Å²) >= 11 is 12.5. The molecule has 1 N–H and O–H groups in total. The van der Waals surface area contributed by atoms with Gasteiger partial charge in [0.2, 0.25) is 0 Å². The minimum absolute atomic E-state index is 0.129. The van der Waals surface area contributed by atoms with Crippen molar-refractivity contribution in [3.8, 4) is 0 Å². The number of hydrogen-bond acceptors (Lipinski definition) is 2. The normalized spacial score (nSPS) is 14.4. The van der Waals surface area contributed by atoms with E-state index in [1.165, 1.54) is 0 Å². The Morgan fingerprint density at radius 2 is 1.84 bits per heavy atom. The van der Waals surface area contributed by atoms with E-state index in [-0.39, 0.29) is 12.1 Å². The molecule has 0 fully saturated rings. The molecule has 2 atom stereocenters. The third kappa shape index (κ3) is 5.31. The largest absolute Gasteiger partial charge is 0.377 e. The first-order valence-corrected chi connectivity index (χ1v) is 7.63. The summed E-state index contributed by atoms with van der Waals surface area (Å²) in [5.41, 5.74) is 0.992. The Labute approximate surface area is 126 Å². The molecule has 2 nitrogen and oxygen atoms in total. The summed E-state index contributed by atoms with van der Waals surface area (Å²) in [6, 6.07) is 5.85. The monoisotopic (exact) mass is 303 g/mol. The Morgan fingerprint density at radius 1 is 1.21 bits per heavy atom. The molecular formula is C15H23Cl2NO. The fourth-order valence-corrected chi connectivity index (χ4v) is 2.61. The fourth-order valence-electron chi connectivity index (χ4n) is 2.06. The van der Waals surface area contributed by atoms with Crippen LogP contribution in [-0.2, 0) is 11.2 Å². The molecule has 0 aliphatic heterocycles. The van der Waals surface area contributed by atoms with E-state index in [0.29, 0.717) is 6.61 Å². The third-order valence-electron chi connectivity index (χ3n) is 3.14. The SMILES string of the molecule is CCCNC(Cc1c(Cl)cccc1Cl)C(C)OCC. The van der Waals surface area contributed by atoms with Gasteiger partial charge in [0.05, 0.1) is 6.10 Å². The predicted octanol–water partition coefficient (Wildman–Crippen LogP) is 4.33. The second kappa shape index (κ2) is 8.80. The Bertz CT molecular complexity index is 364. The highest BCUT2D eigenvalue weighted by Crippen LogP contribution is 2.26. The van der Waals surface area contributed by atoms with Gasteiger partial charge in [0, 0.05) is 22.7 Å². The van der Waals surface area contributed by atoms with Crippen molar-refractivity contribution in [3.05, 3.63) is 33.8 Å². The van der Waals surface area contributed by atoms with Gasteiger partial charge in [-0.1, -0.05) is 36.2 Å². The highest BCUT2D eigenvalue weighted by Gasteiger charge is 2.19. The molecule has 0 bridgehead atoms. The molecule has 0 spiro atoms. The highest BCUT2D eigenvalue weighted by molar-refractivity contribution is 6.36. The maximum Gasteiger partial charge on any atom is 0.0703 e. The summed E-state index contributed by atoms with van der Waals surface area (Å²) in [6.45, 7) is 7.92. The molecule has 19 heavy (non-hydrogen) atoms. The van der Waals surface area contributed by atoms with Gasteiger partial charge in [-0.15, -0.1) is 0 Å². The van der Waals surface area contributed by atoms with Crippen LogP contribution in [0.1, 0.15) is 32.8 Å². The zero-order valence-electron chi connectivity index (χ0n) is 11.9. The minimum atomic E-state index is 0.129. The molecule has 0 amide bonds. The van der Waals surface area contributed by atoms with Crippen LogP contribution >= 0.6 is 23.2 Å². The van der Waals surface area contributed by atoms with Crippen molar-refractivity contribution in [2.24, 2.45) is 0 Å². The molecule has 1 aromatic rings. The van der Waals surface area contributed by atoms with Gasteiger partial charge in [-0.05, 0) is 50.9 Å². The number of benzene rings is 1. The van der Waals surface area contributed by atoms with E-state index in [0.717, 1.165) is 35.0 Å². The summed E-state index contributed by atoms with van der Waals surface area (Å²) in [4.78, 5) is 0. The van der Waals surface area contributed by atoms with E-state index < -0.39 is 0 Å². The molecule has 1 rings (SSSR count). The molecule has 108 valence electrons. The molecule has 0 heterocycles. The Morgan fingerprint density at radius 3 is 2.37 bits per heavy atom. The van der Waals surface area contributed by atoms with E-state index in [9.17, 15) is 0 Å². The van der Waals surface area contributed by atoms with E-state index in [1.807, 2.05) is 25.1 Å². The fraction of sp³-hybridized carbons (Fsp3) is 0.600. The van der Waals surface area contributed by atoms with Crippen molar-refractivity contribution >= 4 is 23.2 Å². The zero-order valence-corrected chi connectivity index (χ0v) is 13.4. The summed E-state index contributed by atoms with van der Waals surface area (Å²) in [6.07, 6.45) is 1.99. The minimum Gasteiger partial charge on any atom is -0.377 e. The van der Waals surface area contributed by atoms with Crippen LogP contribution in [0, 0.1) is 0 Å². The first kappa shape index (κ1) is 16.8. The van der Waals surface area contributed by atoms with E-state index in [1.54, 1.807) is 0 Å². The van der Waals surface area contributed by atoms with Crippen molar-refractivity contribution in [2.45, 2.75) is 45.8 Å². The summed E-state index contributed by atoms with van der Waals surface area (Å²) in [5, 5.41) is 4.96. The number of ether oxygens (including phenoxy) is 1. The topological polar surface area (TPSA) is 21.3 Å². The third-order valence-corrected chi connectivity index (χ3v) is 3.85. The number of hydrogen-bond donors (Lipinski definition) is 1. The lowest BCUT2D eigenvalue weighted by molar-refractivity contribution is 0.0476. The van der Waals surface area contributed by atoms with E-state index in [4.69, 9.17) is 27.9 Å². The quantitative estimate of drug-likeness (QED) is 0.772. The van der Waals surface area contributed by atoms with E-state index >= 15 is 0 Å². The Kier molecular flexibility index (Phi) is 7.77. The molecule has 0 aliphatic carbocycles. The zero-order chi connectivity index (χ0) is 14.3. The summed E-state index contributed by atoms with van der Waals surface area (Å²) in [7, 11) is 0. The molecule has 0 radical (unpaired) electrons. The van der Waals surface area contributed by atoms with Crippen LogP contribution in [0.25, 0.3) is 0 Å². The van der Waals surface area contributed by atoms with Crippen LogP contribution in [0.5, 0.6) is 0 Å². The number of halogens is 2. The molecule has 1 aromatic carbocycles. The predicted molar refractivity (Wildman–Crippen MR) is 83.3 cm³/mol. The van der Waals surface area contributed by atoms with Crippen LogP contribution in [-0.4, -0.2) is 25.3 Å². The maximum absolute atomic E-state index is 6.24. The lowest BCUT2D eigenvalue weighted by Crippen LogP contribution is -2.42. The second-order valence-electron chi connectivity index (χ2n) is 4.63.